The zero-order valence-electron chi connectivity index (χ0n) is 11.3. The van der Waals surface area contributed by atoms with E-state index in [1.807, 2.05) is 20.0 Å². The lowest BCUT2D eigenvalue weighted by Gasteiger charge is -2.20. The average molecular weight is 299 g/mol. The van der Waals surface area contributed by atoms with E-state index in [1.165, 1.54) is 0 Å². The second-order valence-corrected chi connectivity index (χ2v) is 6.11. The molecule has 102 valence electrons. The molecule has 0 unspecified atom stereocenters. The van der Waals surface area contributed by atoms with E-state index in [0.717, 1.165) is 15.1 Å². The molecule has 0 aliphatic rings. The number of likely N-dealkylation sites (N-methyl/N-ethyl adjacent to an activating group) is 2. The van der Waals surface area contributed by atoms with Gasteiger partial charge in [-0.2, -0.15) is 4.98 Å². The van der Waals surface area contributed by atoms with E-state index >= 15 is 0 Å². The fourth-order valence-corrected chi connectivity index (χ4v) is 2.80. The lowest BCUT2D eigenvalue weighted by atomic mass is 10.3. The number of nitrogens with zero attached hydrogens (tertiary/aromatic N) is 4. The summed E-state index contributed by atoms with van der Waals surface area (Å²) >= 11 is 7.50. The van der Waals surface area contributed by atoms with Gasteiger partial charge in [0.05, 0.1) is 11.9 Å². The molecule has 0 aliphatic carbocycles. The lowest BCUT2D eigenvalue weighted by Crippen LogP contribution is -2.34. The molecule has 0 aliphatic heterocycles. The van der Waals surface area contributed by atoms with Crippen LogP contribution in [0.5, 0.6) is 0 Å². The Bertz CT molecular complexity index is 625. The van der Waals surface area contributed by atoms with Gasteiger partial charge in [0, 0.05) is 26.0 Å². The number of aromatic nitrogens is 2. The highest BCUT2D eigenvalue weighted by Crippen LogP contribution is 2.31. The van der Waals surface area contributed by atoms with Gasteiger partial charge < -0.3 is 9.80 Å². The van der Waals surface area contributed by atoms with E-state index in [9.17, 15) is 4.79 Å². The zero-order chi connectivity index (χ0) is 14.2. The van der Waals surface area contributed by atoms with Crippen molar-refractivity contribution < 1.29 is 4.79 Å². The number of rotatable bonds is 3. The van der Waals surface area contributed by atoms with Crippen molar-refractivity contribution in [3.8, 4) is 0 Å². The monoisotopic (exact) mass is 298 g/mol. The highest BCUT2D eigenvalue weighted by atomic mass is 35.5. The summed E-state index contributed by atoms with van der Waals surface area (Å²) in [5.74, 6) is 0.701. The summed E-state index contributed by atoms with van der Waals surface area (Å²) in [6.07, 6.45) is 0. The number of thiophene rings is 1. The molecule has 7 heteroatoms. The van der Waals surface area contributed by atoms with Crippen molar-refractivity contribution in [3.05, 3.63) is 16.2 Å². The van der Waals surface area contributed by atoms with Crippen molar-refractivity contribution in [2.24, 2.45) is 0 Å². The van der Waals surface area contributed by atoms with Gasteiger partial charge in [0.15, 0.2) is 0 Å². The van der Waals surface area contributed by atoms with Crippen LogP contribution < -0.4 is 4.90 Å². The molecule has 0 bridgehead atoms. The first-order chi connectivity index (χ1) is 8.88. The van der Waals surface area contributed by atoms with Crippen LogP contribution in [-0.2, 0) is 4.79 Å². The Kier molecular flexibility index (Phi) is 3.91. The van der Waals surface area contributed by atoms with Crippen molar-refractivity contribution in [1.82, 2.24) is 14.9 Å². The molecule has 0 saturated heterocycles. The van der Waals surface area contributed by atoms with Crippen LogP contribution in [0.1, 0.15) is 4.88 Å². The van der Waals surface area contributed by atoms with Crippen LogP contribution >= 0.6 is 22.9 Å². The molecule has 0 aromatic carbocycles. The summed E-state index contributed by atoms with van der Waals surface area (Å²) in [6.45, 7) is 2.26. The number of anilines is 1. The zero-order valence-corrected chi connectivity index (χ0v) is 12.8. The lowest BCUT2D eigenvalue weighted by molar-refractivity contribution is -0.127. The van der Waals surface area contributed by atoms with Crippen molar-refractivity contribution in [2.45, 2.75) is 6.92 Å². The molecule has 2 heterocycles. The fraction of sp³-hybridized carbons (Fsp3) is 0.417. The summed E-state index contributed by atoms with van der Waals surface area (Å²) in [5.41, 5.74) is 0. The summed E-state index contributed by atoms with van der Waals surface area (Å²) in [4.78, 5) is 25.5. The average Bonchev–Trinajstić information content (AvgIpc) is 2.67. The second-order valence-electron chi connectivity index (χ2n) is 4.54. The molecule has 5 nitrogen and oxygen atoms in total. The highest BCUT2D eigenvalue weighted by Gasteiger charge is 2.16. The van der Waals surface area contributed by atoms with Gasteiger partial charge in [0.25, 0.3) is 0 Å². The molecular weight excluding hydrogens is 284 g/mol. The summed E-state index contributed by atoms with van der Waals surface area (Å²) in [7, 11) is 5.29. The highest BCUT2D eigenvalue weighted by molar-refractivity contribution is 7.18. The van der Waals surface area contributed by atoms with E-state index in [-0.39, 0.29) is 17.7 Å². The minimum atomic E-state index is 0.0114. The molecule has 0 fully saturated rings. The van der Waals surface area contributed by atoms with Gasteiger partial charge in [-0.15, -0.1) is 11.3 Å². The first kappa shape index (κ1) is 14.0. The Labute approximate surface area is 120 Å². The normalized spacial score (nSPS) is 10.8. The molecule has 1 amide bonds. The minimum absolute atomic E-state index is 0.0114. The molecule has 0 saturated carbocycles. The van der Waals surface area contributed by atoms with Gasteiger partial charge in [0.1, 0.15) is 10.6 Å². The molecule has 0 radical (unpaired) electrons. The first-order valence-corrected chi connectivity index (χ1v) is 6.93. The van der Waals surface area contributed by atoms with Crippen LogP contribution in [0.2, 0.25) is 5.28 Å². The van der Waals surface area contributed by atoms with Crippen LogP contribution in [0.4, 0.5) is 5.82 Å². The molecule has 0 N–H and O–H groups in total. The van der Waals surface area contributed by atoms with E-state index in [0.29, 0.717) is 5.82 Å². The van der Waals surface area contributed by atoms with Crippen LogP contribution in [0.15, 0.2) is 6.07 Å². The Morgan fingerprint density at radius 3 is 2.68 bits per heavy atom. The maximum atomic E-state index is 11.8. The number of amides is 1. The Morgan fingerprint density at radius 2 is 2.05 bits per heavy atom. The molecule has 0 atom stereocenters. The van der Waals surface area contributed by atoms with Gasteiger partial charge in [-0.3, -0.25) is 4.79 Å². The third-order valence-electron chi connectivity index (χ3n) is 2.70. The number of carbonyl (C=O) groups excluding carboxylic acids is 1. The van der Waals surface area contributed by atoms with E-state index < -0.39 is 0 Å². The van der Waals surface area contributed by atoms with E-state index in [1.54, 1.807) is 35.2 Å². The largest absolute Gasteiger partial charge is 0.350 e. The van der Waals surface area contributed by atoms with Crippen molar-refractivity contribution >= 4 is 44.9 Å². The van der Waals surface area contributed by atoms with E-state index in [2.05, 4.69) is 9.97 Å². The number of carbonyl (C=O) groups is 1. The maximum Gasteiger partial charge on any atom is 0.241 e. The van der Waals surface area contributed by atoms with Crippen LogP contribution in [0, 0.1) is 6.92 Å². The van der Waals surface area contributed by atoms with Crippen LogP contribution in [0.25, 0.3) is 10.2 Å². The summed E-state index contributed by atoms with van der Waals surface area (Å²) < 4.78 is 0. The van der Waals surface area contributed by atoms with Crippen molar-refractivity contribution in [3.63, 3.8) is 0 Å². The number of fused-ring (bicyclic) bond motifs is 1. The molecule has 19 heavy (non-hydrogen) atoms. The second kappa shape index (κ2) is 5.30. The summed E-state index contributed by atoms with van der Waals surface area (Å²) in [6, 6.07) is 2.02. The van der Waals surface area contributed by atoms with Crippen molar-refractivity contribution in [1.29, 1.82) is 0 Å². The third kappa shape index (κ3) is 2.96. The topological polar surface area (TPSA) is 49.3 Å². The number of hydrogen-bond donors (Lipinski definition) is 0. The predicted octanol–water partition coefficient (Wildman–Crippen LogP) is 2.18. The Morgan fingerprint density at radius 1 is 1.37 bits per heavy atom. The maximum absolute atomic E-state index is 11.8. The molecule has 2 aromatic heterocycles. The first-order valence-electron chi connectivity index (χ1n) is 5.73. The third-order valence-corrected chi connectivity index (χ3v) is 3.81. The quantitative estimate of drug-likeness (QED) is 0.815. The molecule has 2 aromatic rings. The van der Waals surface area contributed by atoms with Gasteiger partial charge in [0.2, 0.25) is 11.2 Å². The standard InChI is InChI=1S/C12H15ClN4OS/c1-7-5-8-10(14-12(13)15-11(8)19-7)17(4)6-9(18)16(2)3/h5H,6H2,1-4H3. The SMILES string of the molecule is Cc1cc2c(N(C)CC(=O)N(C)C)nc(Cl)nc2s1. The number of halogens is 1. The molecule has 0 spiro atoms. The molecular formula is C12H15ClN4OS. The van der Waals surface area contributed by atoms with Gasteiger partial charge in [-0.25, -0.2) is 4.98 Å². The Hall–Kier alpha value is -1.40. The summed E-state index contributed by atoms with van der Waals surface area (Å²) in [5, 5.41) is 1.13. The van der Waals surface area contributed by atoms with Crippen LogP contribution in [0.3, 0.4) is 0 Å². The Balaban J connectivity index is 2.40. The number of hydrogen-bond acceptors (Lipinski definition) is 5. The van der Waals surface area contributed by atoms with E-state index in [4.69, 9.17) is 11.6 Å². The smallest absolute Gasteiger partial charge is 0.241 e. The predicted molar refractivity (Wildman–Crippen MR) is 79.1 cm³/mol. The van der Waals surface area contributed by atoms with Crippen LogP contribution in [-0.4, -0.2) is 48.5 Å². The van der Waals surface area contributed by atoms with Gasteiger partial charge >= 0.3 is 0 Å². The van der Waals surface area contributed by atoms with Gasteiger partial charge in [-0.05, 0) is 24.6 Å². The minimum Gasteiger partial charge on any atom is -0.350 e. The molecule has 2 rings (SSSR count). The van der Waals surface area contributed by atoms with Gasteiger partial charge in [-0.1, -0.05) is 0 Å². The van der Waals surface area contributed by atoms with Crippen molar-refractivity contribution in [2.75, 3.05) is 32.6 Å². The number of aryl methyl sites for hydroxylation is 1. The fourth-order valence-electron chi connectivity index (χ4n) is 1.71.